The van der Waals surface area contributed by atoms with Gasteiger partial charge in [0.1, 0.15) is 10.5 Å². The molecule has 3 aromatic carbocycles. The van der Waals surface area contributed by atoms with Crippen LogP contribution in [0, 0.1) is 0 Å². The Hall–Kier alpha value is -6.04. The predicted molar refractivity (Wildman–Crippen MR) is 225 cm³/mol. The van der Waals surface area contributed by atoms with Crippen LogP contribution in [0.3, 0.4) is 0 Å². The summed E-state index contributed by atoms with van der Waals surface area (Å²) >= 11 is 3.41. The summed E-state index contributed by atoms with van der Waals surface area (Å²) in [6.45, 7) is 4.66. The third-order valence-electron chi connectivity index (χ3n) is 11.7. The third-order valence-corrected chi connectivity index (χ3v) is 12.4. The molecule has 4 aliphatic rings. The number of amides is 6. The average Bonchev–Trinajstić information content (AvgIpc) is 3.50. The highest BCUT2D eigenvalue weighted by atomic mass is 79.9. The number of nitrogens with one attached hydrogen (secondary N) is 3. The normalized spacial score (nSPS) is 21.1. The van der Waals surface area contributed by atoms with Crippen molar-refractivity contribution < 1.29 is 28.8 Å². The molecule has 310 valence electrons. The fourth-order valence-corrected chi connectivity index (χ4v) is 9.04. The van der Waals surface area contributed by atoms with Crippen LogP contribution in [0.25, 0.3) is 0 Å². The lowest BCUT2D eigenvalue weighted by molar-refractivity contribution is -0.136. The molecule has 0 bridgehead atoms. The van der Waals surface area contributed by atoms with E-state index in [0.29, 0.717) is 54.0 Å². The van der Waals surface area contributed by atoms with E-state index in [-0.39, 0.29) is 53.1 Å². The largest absolute Gasteiger partial charge is 0.379 e. The second-order valence-electron chi connectivity index (χ2n) is 15.8. The summed E-state index contributed by atoms with van der Waals surface area (Å²) in [7, 11) is 3.69. The fourth-order valence-electron chi connectivity index (χ4n) is 8.57. The molecule has 3 N–H and O–H groups in total. The number of benzene rings is 3. The Morgan fingerprint density at radius 1 is 0.867 bits per heavy atom. The molecule has 1 aromatic heterocycles. The summed E-state index contributed by atoms with van der Waals surface area (Å²) in [6, 6.07) is 18.6. The molecular weight excluding hydrogens is 834 g/mol. The summed E-state index contributed by atoms with van der Waals surface area (Å²) in [5.41, 5.74) is 3.75. The van der Waals surface area contributed by atoms with E-state index in [4.69, 9.17) is 0 Å². The number of hydrogen-bond donors (Lipinski definition) is 3. The number of rotatable bonds is 9. The van der Waals surface area contributed by atoms with Gasteiger partial charge >= 0.3 is 0 Å². The number of likely N-dealkylation sites (tertiary alicyclic amines) is 1. The standard InChI is InChI=1S/C43H44BrN9O7/c1-49-23-29(20-30(24-49)46-33-21-45-50(2)43(60)37(33)44)26-9-11-27(12-10-26)40(57)52-17-15-51(16-18-52)22-25-5-3-6-28(19-25)38(55)47-32-8-4-7-31-36(32)42(59)53(41(31)58)34-13-14-35(54)48-39(34)56/h3-12,19,21,29-30,34,46H,13-18,20,22-24H2,1-2H3,(H,47,55)(H,48,54,56)/t29-,30+,34?/m1/s1. The molecule has 4 aromatic rings. The van der Waals surface area contributed by atoms with E-state index in [1.54, 1.807) is 37.5 Å². The molecule has 17 heteroatoms. The fraction of sp³-hybridized carbons (Fsp3) is 0.349. The first-order chi connectivity index (χ1) is 28.8. The highest BCUT2D eigenvalue weighted by molar-refractivity contribution is 9.10. The van der Waals surface area contributed by atoms with Crippen LogP contribution in [0.2, 0.25) is 0 Å². The quantitative estimate of drug-likeness (QED) is 0.210. The molecule has 3 saturated heterocycles. The van der Waals surface area contributed by atoms with Gasteiger partial charge in [-0.1, -0.05) is 30.3 Å². The molecular formula is C43H44BrN9O7. The summed E-state index contributed by atoms with van der Waals surface area (Å²) in [5, 5.41) is 12.6. The van der Waals surface area contributed by atoms with E-state index in [9.17, 15) is 33.6 Å². The van der Waals surface area contributed by atoms with Crippen molar-refractivity contribution in [2.24, 2.45) is 7.05 Å². The first-order valence-corrected chi connectivity index (χ1v) is 20.7. The molecule has 0 saturated carbocycles. The van der Waals surface area contributed by atoms with Crippen molar-refractivity contribution in [2.45, 2.75) is 43.8 Å². The van der Waals surface area contributed by atoms with Gasteiger partial charge in [-0.05, 0) is 89.3 Å². The molecule has 3 fully saturated rings. The van der Waals surface area contributed by atoms with Crippen LogP contribution in [0.15, 0.2) is 82.2 Å². The maximum Gasteiger partial charge on any atom is 0.282 e. The van der Waals surface area contributed by atoms with Gasteiger partial charge in [0.2, 0.25) is 11.8 Å². The van der Waals surface area contributed by atoms with E-state index in [0.717, 1.165) is 35.5 Å². The number of piperidine rings is 2. The highest BCUT2D eigenvalue weighted by Gasteiger charge is 2.46. The Balaban J connectivity index is 0.846. The molecule has 8 rings (SSSR count). The van der Waals surface area contributed by atoms with E-state index in [1.807, 2.05) is 35.2 Å². The van der Waals surface area contributed by atoms with Gasteiger partial charge in [0.05, 0.1) is 28.7 Å². The molecule has 4 aliphatic heterocycles. The molecule has 0 radical (unpaired) electrons. The molecule has 0 spiro atoms. The number of halogens is 1. The van der Waals surface area contributed by atoms with Crippen molar-refractivity contribution in [3.05, 3.63) is 121 Å². The van der Waals surface area contributed by atoms with Gasteiger partial charge in [0, 0.05) is 76.5 Å². The number of anilines is 2. The third kappa shape index (κ3) is 8.24. The predicted octanol–water partition coefficient (Wildman–Crippen LogP) is 3.05. The Morgan fingerprint density at radius 3 is 2.37 bits per heavy atom. The van der Waals surface area contributed by atoms with Crippen molar-refractivity contribution in [1.82, 2.24) is 34.7 Å². The van der Waals surface area contributed by atoms with Crippen molar-refractivity contribution in [2.75, 3.05) is 56.9 Å². The lowest BCUT2D eigenvalue weighted by Crippen LogP contribution is -2.54. The Bertz CT molecular complexity index is 2470. The van der Waals surface area contributed by atoms with Crippen LogP contribution in [-0.2, 0) is 23.2 Å². The van der Waals surface area contributed by atoms with Crippen molar-refractivity contribution in [3.63, 3.8) is 0 Å². The van der Waals surface area contributed by atoms with Crippen molar-refractivity contribution >= 4 is 62.7 Å². The topological polar surface area (TPSA) is 186 Å². The van der Waals surface area contributed by atoms with Gasteiger partial charge in [0.15, 0.2) is 0 Å². The Kier molecular flexibility index (Phi) is 11.5. The molecule has 60 heavy (non-hydrogen) atoms. The molecule has 6 amide bonds. The van der Waals surface area contributed by atoms with Gasteiger partial charge in [-0.25, -0.2) is 4.68 Å². The minimum atomic E-state index is -1.11. The molecule has 0 aliphatic carbocycles. The van der Waals surface area contributed by atoms with Gasteiger partial charge in [-0.15, -0.1) is 0 Å². The number of aromatic nitrogens is 2. The van der Waals surface area contributed by atoms with Gasteiger partial charge in [-0.3, -0.25) is 48.7 Å². The average molecular weight is 879 g/mol. The van der Waals surface area contributed by atoms with Crippen molar-refractivity contribution in [3.8, 4) is 0 Å². The van der Waals surface area contributed by atoms with Gasteiger partial charge in [0.25, 0.3) is 29.2 Å². The van der Waals surface area contributed by atoms with Gasteiger partial charge in [-0.2, -0.15) is 5.10 Å². The zero-order chi connectivity index (χ0) is 42.2. The molecule has 16 nitrogen and oxygen atoms in total. The molecule has 1 unspecified atom stereocenters. The summed E-state index contributed by atoms with van der Waals surface area (Å²) in [5.74, 6) is -2.77. The number of fused-ring (bicyclic) bond motifs is 1. The second-order valence-corrected chi connectivity index (χ2v) is 16.6. The number of imide groups is 2. The van der Waals surface area contributed by atoms with Crippen LogP contribution in [0.1, 0.15) is 77.7 Å². The lowest BCUT2D eigenvalue weighted by atomic mass is 9.87. The summed E-state index contributed by atoms with van der Waals surface area (Å²) < 4.78 is 1.75. The highest BCUT2D eigenvalue weighted by Crippen LogP contribution is 2.33. The SMILES string of the molecule is CN1C[C@@H](Nc2cnn(C)c(=O)c2Br)C[C@@H](c2ccc(C(=O)N3CCN(Cc4cccc(C(=O)Nc5cccc6c5C(=O)N(C5CCC(=O)NC5=O)C6=O)c4)CC3)cc2)C1. The summed E-state index contributed by atoms with van der Waals surface area (Å²) in [4.78, 5) is 97.6. The minimum Gasteiger partial charge on any atom is -0.379 e. The van der Waals surface area contributed by atoms with Crippen LogP contribution in [0.5, 0.6) is 0 Å². The van der Waals surface area contributed by atoms with E-state index in [1.165, 1.54) is 16.8 Å². The minimum absolute atomic E-state index is 0.00462. The van der Waals surface area contributed by atoms with E-state index < -0.39 is 35.6 Å². The number of nitrogens with zero attached hydrogens (tertiary/aromatic N) is 6. The van der Waals surface area contributed by atoms with Gasteiger partial charge < -0.3 is 20.4 Å². The molecule has 5 heterocycles. The number of aryl methyl sites for hydroxylation is 1. The number of likely N-dealkylation sites (N-methyl/N-ethyl adjacent to an activating group) is 1. The van der Waals surface area contributed by atoms with Crippen LogP contribution >= 0.6 is 15.9 Å². The lowest BCUT2D eigenvalue weighted by Gasteiger charge is -2.37. The number of carbonyl (C=O) groups is 6. The first-order valence-electron chi connectivity index (χ1n) is 19.9. The van der Waals surface area contributed by atoms with Crippen LogP contribution in [-0.4, -0.2) is 123 Å². The van der Waals surface area contributed by atoms with E-state index >= 15 is 0 Å². The monoisotopic (exact) mass is 877 g/mol. The number of carbonyl (C=O) groups excluding carboxylic acids is 6. The van der Waals surface area contributed by atoms with Crippen molar-refractivity contribution in [1.29, 1.82) is 0 Å². The summed E-state index contributed by atoms with van der Waals surface area (Å²) in [6.07, 6.45) is 2.56. The molecule has 3 atom stereocenters. The Morgan fingerprint density at radius 2 is 1.62 bits per heavy atom. The maximum absolute atomic E-state index is 13.6. The number of piperazine rings is 1. The number of hydrogen-bond acceptors (Lipinski definition) is 11. The first kappa shape index (κ1) is 40.7. The zero-order valence-corrected chi connectivity index (χ0v) is 34.7. The van der Waals surface area contributed by atoms with E-state index in [2.05, 4.69) is 53.8 Å². The maximum atomic E-state index is 13.6. The Labute approximate surface area is 354 Å². The smallest absolute Gasteiger partial charge is 0.282 e. The second kappa shape index (κ2) is 16.9. The van der Waals surface area contributed by atoms with Crippen LogP contribution < -0.4 is 21.5 Å². The zero-order valence-electron chi connectivity index (χ0n) is 33.2. The van der Waals surface area contributed by atoms with Crippen LogP contribution in [0.4, 0.5) is 11.4 Å².